The van der Waals surface area contributed by atoms with Crippen molar-refractivity contribution in [3.8, 4) is 12.3 Å². The minimum absolute atomic E-state index is 0.00340. The second-order valence-electron chi connectivity index (χ2n) is 8.66. The Bertz CT molecular complexity index is 881. The van der Waals surface area contributed by atoms with E-state index >= 15 is 0 Å². The van der Waals surface area contributed by atoms with Gasteiger partial charge in [0.25, 0.3) is 0 Å². The van der Waals surface area contributed by atoms with Gasteiger partial charge >= 0.3 is 0 Å². The predicted octanol–water partition coefficient (Wildman–Crippen LogP) is 5.84. The fraction of sp³-hybridized carbons (Fsp3) is 0.467. The van der Waals surface area contributed by atoms with Gasteiger partial charge < -0.3 is 10.7 Å². The summed E-state index contributed by atoms with van der Waals surface area (Å²) in [6.07, 6.45) is 32.6. The number of allylic oxidation sites excluding steroid dienone is 9. The highest BCUT2D eigenvalue weighted by Crippen LogP contribution is 2.26. The quantitative estimate of drug-likeness (QED) is 0.0917. The summed E-state index contributed by atoms with van der Waals surface area (Å²) >= 11 is 0. The monoisotopic (exact) mass is 475 g/mol. The SMILES string of the molecule is C#CC(C)/C=C\N(NC)C(/N=C/C(/C=C\C(C)NC)=C/CC)C(C=N)/C=C(\CC)C1C=CC=CC1. The van der Waals surface area contributed by atoms with Crippen molar-refractivity contribution in [2.24, 2.45) is 22.7 Å². The molecule has 1 rings (SSSR count). The van der Waals surface area contributed by atoms with Gasteiger partial charge in [-0.25, -0.2) is 5.43 Å². The summed E-state index contributed by atoms with van der Waals surface area (Å²) < 4.78 is 0. The van der Waals surface area contributed by atoms with Crippen LogP contribution < -0.4 is 10.7 Å². The molecule has 3 N–H and O–H groups in total. The first kappa shape index (κ1) is 30.1. The van der Waals surface area contributed by atoms with Crippen LogP contribution in [0.3, 0.4) is 0 Å². The molecule has 5 nitrogen and oxygen atoms in total. The van der Waals surface area contributed by atoms with Crippen LogP contribution >= 0.6 is 0 Å². The molecule has 5 unspecified atom stereocenters. The van der Waals surface area contributed by atoms with Gasteiger partial charge in [-0.2, -0.15) is 0 Å². The van der Waals surface area contributed by atoms with Crippen molar-refractivity contribution in [3.05, 3.63) is 72.0 Å². The van der Waals surface area contributed by atoms with Crippen LogP contribution in [-0.4, -0.2) is 43.7 Å². The average molecular weight is 476 g/mol. The zero-order valence-electron chi connectivity index (χ0n) is 22.4. The maximum atomic E-state index is 8.30. The van der Waals surface area contributed by atoms with E-state index in [9.17, 15) is 0 Å². The Morgan fingerprint density at radius 3 is 2.57 bits per heavy atom. The lowest BCUT2D eigenvalue weighted by Gasteiger charge is -2.31. The van der Waals surface area contributed by atoms with Gasteiger partial charge in [-0.15, -0.1) is 6.42 Å². The van der Waals surface area contributed by atoms with Crippen molar-refractivity contribution in [1.29, 1.82) is 5.41 Å². The van der Waals surface area contributed by atoms with Gasteiger partial charge in [0.1, 0.15) is 6.17 Å². The van der Waals surface area contributed by atoms with Crippen LogP contribution in [0.5, 0.6) is 0 Å². The van der Waals surface area contributed by atoms with Crippen LogP contribution in [0.15, 0.2) is 77.0 Å². The van der Waals surface area contributed by atoms with Crippen LogP contribution in [0.25, 0.3) is 0 Å². The summed E-state index contributed by atoms with van der Waals surface area (Å²) in [5.74, 6) is 2.87. The molecule has 0 amide bonds. The number of hydrogen-bond donors (Lipinski definition) is 3. The highest BCUT2D eigenvalue weighted by atomic mass is 15.5. The molecular formula is C30H45N5. The van der Waals surface area contributed by atoms with Crippen LogP contribution in [0.2, 0.25) is 0 Å². The lowest BCUT2D eigenvalue weighted by atomic mass is 9.87. The van der Waals surface area contributed by atoms with Gasteiger partial charge in [-0.3, -0.25) is 10.0 Å². The number of nitrogens with one attached hydrogen (secondary N) is 3. The maximum Gasteiger partial charge on any atom is 0.145 e. The molecule has 0 radical (unpaired) electrons. The van der Waals surface area contributed by atoms with Crippen molar-refractivity contribution in [3.63, 3.8) is 0 Å². The zero-order chi connectivity index (χ0) is 26.1. The smallest absolute Gasteiger partial charge is 0.145 e. The normalized spacial score (nSPS) is 20.3. The summed E-state index contributed by atoms with van der Waals surface area (Å²) in [6.45, 7) is 8.38. The molecule has 0 aromatic rings. The molecule has 0 heterocycles. The Morgan fingerprint density at radius 1 is 1.26 bits per heavy atom. The molecule has 35 heavy (non-hydrogen) atoms. The summed E-state index contributed by atoms with van der Waals surface area (Å²) in [6, 6.07) is 0.267. The minimum atomic E-state index is -0.348. The van der Waals surface area contributed by atoms with E-state index in [1.165, 1.54) is 11.8 Å². The van der Waals surface area contributed by atoms with E-state index in [1.807, 2.05) is 44.5 Å². The molecule has 5 heteroatoms. The molecule has 0 aliphatic heterocycles. The fourth-order valence-electron chi connectivity index (χ4n) is 3.67. The number of hydrazine groups is 1. The number of likely N-dealkylation sites (N-methyl/N-ethyl adjacent to an activating group) is 1. The van der Waals surface area contributed by atoms with Crippen LogP contribution in [0.4, 0.5) is 0 Å². The molecule has 0 aromatic carbocycles. The van der Waals surface area contributed by atoms with E-state index in [4.69, 9.17) is 16.8 Å². The first-order valence-electron chi connectivity index (χ1n) is 12.7. The van der Waals surface area contributed by atoms with Crippen molar-refractivity contribution in [1.82, 2.24) is 15.8 Å². The molecular weight excluding hydrogens is 430 g/mol. The fourth-order valence-corrected chi connectivity index (χ4v) is 3.67. The molecule has 5 atom stereocenters. The largest absolute Gasteiger partial charge is 0.314 e. The van der Waals surface area contributed by atoms with Gasteiger partial charge in [0.15, 0.2) is 0 Å². The molecule has 0 spiro atoms. The van der Waals surface area contributed by atoms with Crippen molar-refractivity contribution in [2.45, 2.75) is 59.2 Å². The first-order valence-corrected chi connectivity index (χ1v) is 12.7. The molecule has 1 aliphatic rings. The minimum Gasteiger partial charge on any atom is -0.314 e. The molecule has 0 saturated carbocycles. The van der Waals surface area contributed by atoms with Crippen molar-refractivity contribution < 1.29 is 0 Å². The topological polar surface area (TPSA) is 63.5 Å². The van der Waals surface area contributed by atoms with Gasteiger partial charge in [0.2, 0.25) is 0 Å². The van der Waals surface area contributed by atoms with E-state index in [0.717, 1.165) is 24.8 Å². The number of rotatable bonds is 15. The van der Waals surface area contributed by atoms with Crippen molar-refractivity contribution >= 4 is 12.4 Å². The number of aliphatic imine (C=N–C) groups is 1. The van der Waals surface area contributed by atoms with E-state index in [2.05, 4.69) is 86.0 Å². The summed E-state index contributed by atoms with van der Waals surface area (Å²) in [5, 5.41) is 13.5. The third-order valence-corrected chi connectivity index (χ3v) is 6.00. The number of nitrogens with zero attached hydrogens (tertiary/aromatic N) is 2. The zero-order valence-corrected chi connectivity index (χ0v) is 22.4. The molecule has 0 bridgehead atoms. The third kappa shape index (κ3) is 10.9. The van der Waals surface area contributed by atoms with Gasteiger partial charge in [0, 0.05) is 43.6 Å². The van der Waals surface area contributed by atoms with Crippen LogP contribution in [0, 0.1) is 35.5 Å². The van der Waals surface area contributed by atoms with Gasteiger partial charge in [0.05, 0.1) is 5.92 Å². The van der Waals surface area contributed by atoms with E-state index in [1.54, 1.807) is 0 Å². The predicted molar refractivity (Wildman–Crippen MR) is 153 cm³/mol. The summed E-state index contributed by atoms with van der Waals surface area (Å²) in [5.41, 5.74) is 5.61. The van der Waals surface area contributed by atoms with E-state index < -0.39 is 0 Å². The Morgan fingerprint density at radius 2 is 2.03 bits per heavy atom. The third-order valence-electron chi connectivity index (χ3n) is 6.00. The van der Waals surface area contributed by atoms with Gasteiger partial charge in [-0.05, 0) is 45.7 Å². The highest BCUT2D eigenvalue weighted by molar-refractivity contribution is 5.82. The lowest BCUT2D eigenvalue weighted by molar-refractivity contribution is 0.203. The Hall–Kier alpha value is -2.94. The van der Waals surface area contributed by atoms with E-state index in [0.29, 0.717) is 5.92 Å². The highest BCUT2D eigenvalue weighted by Gasteiger charge is 2.23. The first-order chi connectivity index (χ1) is 16.9. The molecule has 0 aromatic heterocycles. The lowest BCUT2D eigenvalue weighted by Crippen LogP contribution is -2.43. The Balaban J connectivity index is 3.43. The second-order valence-corrected chi connectivity index (χ2v) is 8.66. The average Bonchev–Trinajstić information content (AvgIpc) is 2.90. The molecule has 190 valence electrons. The van der Waals surface area contributed by atoms with Crippen LogP contribution in [0.1, 0.15) is 47.0 Å². The Kier molecular flexibility index (Phi) is 15.0. The molecule has 0 saturated heterocycles. The van der Waals surface area contributed by atoms with E-state index in [-0.39, 0.29) is 24.0 Å². The second kappa shape index (κ2) is 17.5. The standard InChI is InChI=1S/C30H45N5/c1-8-14-26(18-17-25(5)32-6)23-34-30(35(33-7)20-19-24(4)9-2)29(22-31)21-27(10-3)28-15-12-11-13-16-28/h2,11-15,17-25,28-33H,8,10,16H2,1,3-7H3/b18-17-,20-19-,26-14+,27-21+,31-22?,34-23+. The van der Waals surface area contributed by atoms with Crippen LogP contribution in [-0.2, 0) is 0 Å². The summed E-state index contributed by atoms with van der Waals surface area (Å²) in [7, 11) is 3.81. The number of hydrogen-bond acceptors (Lipinski definition) is 5. The molecule has 1 aliphatic carbocycles. The van der Waals surface area contributed by atoms with Gasteiger partial charge in [-0.1, -0.05) is 80.0 Å². The Labute approximate surface area is 214 Å². The maximum absolute atomic E-state index is 8.30. The van der Waals surface area contributed by atoms with Crippen molar-refractivity contribution in [2.75, 3.05) is 14.1 Å². The molecule has 0 fully saturated rings. The number of terminal acetylenes is 1. The summed E-state index contributed by atoms with van der Waals surface area (Å²) in [4.78, 5) is 4.99.